The molecule has 1 amide bonds. The highest BCUT2D eigenvalue weighted by Crippen LogP contribution is 2.22. The van der Waals surface area contributed by atoms with Crippen LogP contribution in [0, 0.1) is 0 Å². The van der Waals surface area contributed by atoms with Crippen LogP contribution >= 0.6 is 22.9 Å². The van der Waals surface area contributed by atoms with Crippen molar-refractivity contribution in [3.63, 3.8) is 0 Å². The van der Waals surface area contributed by atoms with Crippen LogP contribution in [0.1, 0.15) is 16.0 Å². The lowest BCUT2D eigenvalue weighted by Gasteiger charge is -1.98. The second-order valence-corrected chi connectivity index (χ2v) is 6.72. The summed E-state index contributed by atoms with van der Waals surface area (Å²) in [6, 6.07) is 17.4. The molecule has 0 saturated carbocycles. The maximum atomic E-state index is 11.9. The molecule has 0 aliphatic rings. The molecule has 0 fully saturated rings. The lowest BCUT2D eigenvalue weighted by atomic mass is 10.1. The summed E-state index contributed by atoms with van der Waals surface area (Å²) in [7, 11) is 0. The van der Waals surface area contributed by atoms with Crippen molar-refractivity contribution in [2.45, 2.75) is 6.42 Å². The third-order valence-electron chi connectivity index (χ3n) is 3.28. The number of carbonyl (C=O) groups excluding carboxylic acids is 1. The summed E-state index contributed by atoms with van der Waals surface area (Å²) in [5, 5.41) is 4.10. The quantitative estimate of drug-likeness (QED) is 0.652. The van der Waals surface area contributed by atoms with Crippen molar-refractivity contribution in [3.8, 4) is 0 Å². The van der Waals surface area contributed by atoms with Crippen LogP contribution in [0.25, 0.3) is 6.08 Å². The van der Waals surface area contributed by atoms with Gasteiger partial charge in [-0.15, -0.1) is 11.3 Å². The van der Waals surface area contributed by atoms with Gasteiger partial charge >= 0.3 is 0 Å². The smallest absolute Gasteiger partial charge is 0.250 e. The zero-order valence-corrected chi connectivity index (χ0v) is 14.3. The summed E-state index contributed by atoms with van der Waals surface area (Å²) in [6.45, 7) is 0. The van der Waals surface area contributed by atoms with Gasteiger partial charge in [-0.2, -0.15) is 0 Å². The molecule has 120 valence electrons. The lowest BCUT2D eigenvalue weighted by Crippen LogP contribution is -2.06. The Bertz CT molecular complexity index is 859. The number of rotatable bonds is 5. The van der Waals surface area contributed by atoms with Gasteiger partial charge in [0.25, 0.3) is 0 Å². The van der Waals surface area contributed by atoms with Crippen LogP contribution in [0.15, 0.2) is 66.9 Å². The summed E-state index contributed by atoms with van der Waals surface area (Å²) in [5.74, 6) is -0.192. The average Bonchev–Trinajstić information content (AvgIpc) is 3.01. The molecule has 0 unspecified atom stereocenters. The molecule has 2 aromatic carbocycles. The second kappa shape index (κ2) is 7.90. The van der Waals surface area contributed by atoms with E-state index in [1.54, 1.807) is 12.3 Å². The van der Waals surface area contributed by atoms with Gasteiger partial charge < -0.3 is 0 Å². The zero-order chi connectivity index (χ0) is 16.8. The van der Waals surface area contributed by atoms with Crippen LogP contribution in [0.4, 0.5) is 5.13 Å². The Hall–Kier alpha value is -2.43. The number of thiazole rings is 1. The van der Waals surface area contributed by atoms with Crippen LogP contribution in [0.5, 0.6) is 0 Å². The zero-order valence-electron chi connectivity index (χ0n) is 12.8. The van der Waals surface area contributed by atoms with Crippen LogP contribution in [0.3, 0.4) is 0 Å². The number of carbonyl (C=O) groups is 1. The molecule has 1 N–H and O–H groups in total. The van der Waals surface area contributed by atoms with Crippen molar-refractivity contribution >= 4 is 40.1 Å². The molecule has 5 heteroatoms. The minimum absolute atomic E-state index is 0.192. The first-order valence-electron chi connectivity index (χ1n) is 7.42. The van der Waals surface area contributed by atoms with Crippen LogP contribution in [0.2, 0.25) is 5.02 Å². The Morgan fingerprint density at radius 1 is 1.17 bits per heavy atom. The van der Waals surface area contributed by atoms with Crippen molar-refractivity contribution in [2.24, 2.45) is 0 Å². The minimum Gasteiger partial charge on any atom is -0.298 e. The standard InChI is InChI=1S/C19H15ClN2OS/c20-16-8-4-7-15(11-16)12-17-13-21-19(24-17)22-18(23)10-9-14-5-2-1-3-6-14/h1-11,13H,12H2,(H,21,22,23). The third-order valence-corrected chi connectivity index (χ3v) is 4.43. The van der Waals surface area contributed by atoms with Gasteiger partial charge in [-0.25, -0.2) is 4.98 Å². The first-order valence-corrected chi connectivity index (χ1v) is 8.62. The van der Waals surface area contributed by atoms with Gasteiger partial charge in [-0.05, 0) is 29.3 Å². The number of nitrogens with zero attached hydrogens (tertiary/aromatic N) is 1. The van der Waals surface area contributed by atoms with E-state index in [0.717, 1.165) is 27.4 Å². The predicted molar refractivity (Wildman–Crippen MR) is 100 cm³/mol. The third kappa shape index (κ3) is 4.78. The monoisotopic (exact) mass is 354 g/mol. The number of aromatic nitrogens is 1. The highest BCUT2D eigenvalue weighted by atomic mass is 35.5. The van der Waals surface area contributed by atoms with Gasteiger partial charge in [0.2, 0.25) is 5.91 Å². The Labute approximate surface area is 149 Å². The van der Waals surface area contributed by atoms with Crippen LogP contribution in [-0.2, 0) is 11.2 Å². The van der Waals surface area contributed by atoms with Crippen molar-refractivity contribution in [3.05, 3.63) is 87.9 Å². The van der Waals surface area contributed by atoms with Crippen molar-refractivity contribution in [2.75, 3.05) is 5.32 Å². The Morgan fingerprint density at radius 2 is 2.00 bits per heavy atom. The molecule has 0 aliphatic heterocycles. The Morgan fingerprint density at radius 3 is 2.79 bits per heavy atom. The van der Waals surface area contributed by atoms with E-state index in [-0.39, 0.29) is 5.91 Å². The summed E-state index contributed by atoms with van der Waals surface area (Å²) >= 11 is 7.46. The Kier molecular flexibility index (Phi) is 5.41. The highest BCUT2D eigenvalue weighted by molar-refractivity contribution is 7.15. The van der Waals surface area contributed by atoms with Crippen LogP contribution < -0.4 is 5.32 Å². The maximum Gasteiger partial charge on any atom is 0.250 e. The predicted octanol–water partition coefficient (Wildman–Crippen LogP) is 5.04. The summed E-state index contributed by atoms with van der Waals surface area (Å²) < 4.78 is 0. The number of benzene rings is 2. The molecular formula is C19H15ClN2OS. The molecule has 0 spiro atoms. The molecule has 0 saturated heterocycles. The van der Waals surface area contributed by atoms with Crippen LogP contribution in [-0.4, -0.2) is 10.9 Å². The molecule has 1 heterocycles. The van der Waals surface area contributed by atoms with E-state index in [9.17, 15) is 4.79 Å². The largest absolute Gasteiger partial charge is 0.298 e. The van der Waals surface area contributed by atoms with Gasteiger partial charge in [0.1, 0.15) is 0 Å². The second-order valence-electron chi connectivity index (χ2n) is 5.17. The first kappa shape index (κ1) is 16.4. The fourth-order valence-electron chi connectivity index (χ4n) is 2.18. The lowest BCUT2D eigenvalue weighted by molar-refractivity contribution is -0.111. The Balaban J connectivity index is 1.59. The van der Waals surface area contributed by atoms with E-state index >= 15 is 0 Å². The topological polar surface area (TPSA) is 42.0 Å². The molecule has 0 radical (unpaired) electrons. The molecular weight excluding hydrogens is 340 g/mol. The fraction of sp³-hybridized carbons (Fsp3) is 0.0526. The van der Waals surface area contributed by atoms with Crippen molar-refractivity contribution < 1.29 is 4.79 Å². The van der Waals surface area contributed by atoms with E-state index in [1.807, 2.05) is 54.6 Å². The normalized spacial score (nSPS) is 10.9. The molecule has 3 nitrogen and oxygen atoms in total. The maximum absolute atomic E-state index is 11.9. The minimum atomic E-state index is -0.192. The number of nitrogens with one attached hydrogen (secondary N) is 1. The number of amides is 1. The molecule has 1 aromatic heterocycles. The molecule has 3 rings (SSSR count). The number of hydrogen-bond acceptors (Lipinski definition) is 3. The molecule has 0 bridgehead atoms. The summed E-state index contributed by atoms with van der Waals surface area (Å²) in [5.41, 5.74) is 2.10. The van der Waals surface area contributed by atoms with Gasteiger partial charge in [-0.3, -0.25) is 10.1 Å². The van der Waals surface area contributed by atoms with E-state index in [2.05, 4.69) is 10.3 Å². The number of hydrogen-bond donors (Lipinski definition) is 1. The van der Waals surface area contributed by atoms with E-state index in [4.69, 9.17) is 11.6 Å². The van der Waals surface area contributed by atoms with Crippen molar-refractivity contribution in [1.82, 2.24) is 4.98 Å². The molecule has 24 heavy (non-hydrogen) atoms. The SMILES string of the molecule is O=C(C=Cc1ccccc1)Nc1ncc(Cc2cccc(Cl)c2)s1. The van der Waals surface area contributed by atoms with Gasteiger partial charge in [-0.1, -0.05) is 54.1 Å². The van der Waals surface area contributed by atoms with Gasteiger partial charge in [0.05, 0.1) is 0 Å². The first-order chi connectivity index (χ1) is 11.7. The fourth-order valence-corrected chi connectivity index (χ4v) is 3.24. The average molecular weight is 355 g/mol. The molecule has 0 aliphatic carbocycles. The number of halogens is 1. The van der Waals surface area contributed by atoms with Crippen molar-refractivity contribution in [1.29, 1.82) is 0 Å². The highest BCUT2D eigenvalue weighted by Gasteiger charge is 2.05. The van der Waals surface area contributed by atoms with E-state index in [0.29, 0.717) is 5.13 Å². The van der Waals surface area contributed by atoms with Gasteiger partial charge in [0, 0.05) is 28.6 Å². The van der Waals surface area contributed by atoms with Gasteiger partial charge in [0.15, 0.2) is 5.13 Å². The summed E-state index contributed by atoms with van der Waals surface area (Å²) in [4.78, 5) is 17.3. The van der Waals surface area contributed by atoms with E-state index < -0.39 is 0 Å². The number of anilines is 1. The van der Waals surface area contributed by atoms with E-state index in [1.165, 1.54) is 17.4 Å². The molecule has 3 aromatic rings. The molecule has 0 atom stereocenters. The summed E-state index contributed by atoms with van der Waals surface area (Å²) in [6.07, 6.45) is 5.80.